The van der Waals surface area contributed by atoms with Gasteiger partial charge in [0.25, 0.3) is 0 Å². The summed E-state index contributed by atoms with van der Waals surface area (Å²) in [6, 6.07) is 20.7. The fourth-order valence-corrected chi connectivity index (χ4v) is 5.03. The van der Waals surface area contributed by atoms with Crippen molar-refractivity contribution in [1.82, 2.24) is 4.90 Å². The van der Waals surface area contributed by atoms with E-state index in [0.717, 1.165) is 11.1 Å². The number of benzene rings is 3. The van der Waals surface area contributed by atoms with Crippen LogP contribution in [-0.2, 0) is 9.53 Å². The first-order chi connectivity index (χ1) is 15.1. The molecule has 1 saturated heterocycles. The second kappa shape index (κ2) is 8.03. The van der Waals surface area contributed by atoms with Gasteiger partial charge in [-0.05, 0) is 28.3 Å². The van der Waals surface area contributed by atoms with Crippen molar-refractivity contribution in [2.75, 3.05) is 13.2 Å². The first kappa shape index (κ1) is 20.1. The Hall–Kier alpha value is -2.82. The van der Waals surface area contributed by atoms with Gasteiger partial charge in [0.05, 0.1) is 10.0 Å². The van der Waals surface area contributed by atoms with Gasteiger partial charge in [-0.3, -0.25) is 9.69 Å². The summed E-state index contributed by atoms with van der Waals surface area (Å²) in [5.41, 5.74) is 5.15. The molecule has 0 radical (unpaired) electrons. The Morgan fingerprint density at radius 1 is 0.903 bits per heavy atom. The molecule has 1 amide bonds. The standard InChI is InChI=1S/C25H19Cl2NO3/c26-21-11-5-10-19(23(21)27)24-22(29)12-13-28(24)25(30)31-14-20-17-8-3-1-6-15(17)16-7-2-4-9-18(16)20/h1-11,20,24H,12-14H2/t24-/m1/s1. The minimum atomic E-state index is -0.776. The van der Waals surface area contributed by atoms with E-state index in [1.165, 1.54) is 16.0 Å². The Kier molecular flexibility index (Phi) is 5.20. The van der Waals surface area contributed by atoms with Crippen molar-refractivity contribution in [3.63, 3.8) is 0 Å². The summed E-state index contributed by atoms with van der Waals surface area (Å²) in [5, 5.41) is 0.646. The molecule has 3 aromatic rings. The van der Waals surface area contributed by atoms with Crippen LogP contribution >= 0.6 is 23.2 Å². The topological polar surface area (TPSA) is 46.6 Å². The van der Waals surface area contributed by atoms with Gasteiger partial charge in [0.15, 0.2) is 5.78 Å². The Bertz CT molecular complexity index is 1150. The van der Waals surface area contributed by atoms with Crippen LogP contribution in [-0.4, -0.2) is 29.9 Å². The molecule has 0 bridgehead atoms. The molecule has 0 unspecified atom stereocenters. The number of carbonyl (C=O) groups excluding carboxylic acids is 2. The lowest BCUT2D eigenvalue weighted by molar-refractivity contribution is -0.119. The maximum absolute atomic E-state index is 13.0. The van der Waals surface area contributed by atoms with Crippen molar-refractivity contribution in [3.8, 4) is 11.1 Å². The second-order valence-corrected chi connectivity index (χ2v) is 8.54. The van der Waals surface area contributed by atoms with E-state index >= 15 is 0 Å². The third-order valence-electron chi connectivity index (χ3n) is 6.06. The molecule has 0 spiro atoms. The van der Waals surface area contributed by atoms with Gasteiger partial charge in [0, 0.05) is 24.4 Å². The lowest BCUT2D eigenvalue weighted by atomic mass is 9.98. The number of ether oxygens (including phenoxy) is 1. The number of hydrogen-bond acceptors (Lipinski definition) is 3. The van der Waals surface area contributed by atoms with Gasteiger partial charge in [-0.2, -0.15) is 0 Å². The molecular weight excluding hydrogens is 433 g/mol. The zero-order valence-electron chi connectivity index (χ0n) is 16.6. The van der Waals surface area contributed by atoms with E-state index in [1.54, 1.807) is 18.2 Å². The fraction of sp³-hybridized carbons (Fsp3) is 0.200. The van der Waals surface area contributed by atoms with Crippen LogP contribution in [0.15, 0.2) is 66.7 Å². The van der Waals surface area contributed by atoms with E-state index in [1.807, 2.05) is 24.3 Å². The van der Waals surface area contributed by atoms with Gasteiger partial charge in [0.2, 0.25) is 0 Å². The molecule has 0 aromatic heterocycles. The predicted octanol–water partition coefficient (Wildman–Crippen LogP) is 6.26. The van der Waals surface area contributed by atoms with E-state index in [-0.39, 0.29) is 24.7 Å². The second-order valence-electron chi connectivity index (χ2n) is 7.76. The van der Waals surface area contributed by atoms with Crippen molar-refractivity contribution in [3.05, 3.63) is 93.5 Å². The van der Waals surface area contributed by atoms with Crippen LogP contribution in [0.3, 0.4) is 0 Å². The maximum Gasteiger partial charge on any atom is 0.410 e. The maximum atomic E-state index is 13.0. The molecule has 5 rings (SSSR count). The highest BCUT2D eigenvalue weighted by Gasteiger charge is 2.40. The molecule has 0 saturated carbocycles. The molecule has 4 nitrogen and oxygen atoms in total. The minimum Gasteiger partial charge on any atom is -0.448 e. The molecule has 1 heterocycles. The highest BCUT2D eigenvalue weighted by Crippen LogP contribution is 2.45. The Morgan fingerprint density at radius 2 is 1.52 bits per heavy atom. The van der Waals surface area contributed by atoms with Gasteiger partial charge in [0.1, 0.15) is 12.6 Å². The van der Waals surface area contributed by atoms with Crippen LogP contribution in [0.4, 0.5) is 4.79 Å². The summed E-state index contributed by atoms with van der Waals surface area (Å²) < 4.78 is 5.75. The molecule has 2 aliphatic rings. The smallest absolute Gasteiger partial charge is 0.410 e. The minimum absolute atomic E-state index is 0.0390. The fourth-order valence-electron chi connectivity index (χ4n) is 4.62. The summed E-state index contributed by atoms with van der Waals surface area (Å²) in [5.74, 6) is -0.111. The van der Waals surface area contributed by atoms with E-state index in [0.29, 0.717) is 22.2 Å². The van der Waals surface area contributed by atoms with Crippen LogP contribution < -0.4 is 0 Å². The molecule has 3 aromatic carbocycles. The molecule has 156 valence electrons. The van der Waals surface area contributed by atoms with Crippen LogP contribution in [0, 0.1) is 0 Å². The number of fused-ring (bicyclic) bond motifs is 3. The van der Waals surface area contributed by atoms with Crippen LogP contribution in [0.25, 0.3) is 11.1 Å². The summed E-state index contributed by atoms with van der Waals surface area (Å²) >= 11 is 12.5. The van der Waals surface area contributed by atoms with Crippen molar-refractivity contribution in [2.24, 2.45) is 0 Å². The lowest BCUT2D eigenvalue weighted by Gasteiger charge is -2.25. The molecule has 6 heteroatoms. The van der Waals surface area contributed by atoms with Gasteiger partial charge < -0.3 is 4.74 Å². The third-order valence-corrected chi connectivity index (χ3v) is 6.90. The number of Topliss-reactive ketones (excluding diaryl/α,β-unsaturated/α-hetero) is 1. The first-order valence-electron chi connectivity index (χ1n) is 10.1. The molecule has 1 atom stereocenters. The van der Waals surface area contributed by atoms with Crippen LogP contribution in [0.1, 0.15) is 35.1 Å². The number of hydrogen-bond donors (Lipinski definition) is 0. The van der Waals surface area contributed by atoms with Crippen molar-refractivity contribution < 1.29 is 14.3 Å². The molecular formula is C25H19Cl2NO3. The lowest BCUT2D eigenvalue weighted by Crippen LogP contribution is -2.33. The Labute approximate surface area is 190 Å². The van der Waals surface area contributed by atoms with Gasteiger partial charge in [-0.15, -0.1) is 0 Å². The zero-order chi connectivity index (χ0) is 21.5. The third kappa shape index (κ3) is 3.40. The quantitative estimate of drug-likeness (QED) is 0.472. The average molecular weight is 452 g/mol. The van der Waals surface area contributed by atoms with Crippen LogP contribution in [0.2, 0.25) is 10.0 Å². The Morgan fingerprint density at radius 3 is 2.19 bits per heavy atom. The molecule has 1 aliphatic carbocycles. The number of amides is 1. The van der Waals surface area contributed by atoms with Crippen LogP contribution in [0.5, 0.6) is 0 Å². The van der Waals surface area contributed by atoms with Crippen molar-refractivity contribution in [2.45, 2.75) is 18.4 Å². The Balaban J connectivity index is 1.38. The van der Waals surface area contributed by atoms with Crippen molar-refractivity contribution >= 4 is 35.1 Å². The SMILES string of the molecule is O=C1CCN(C(=O)OCC2c3ccccc3-c3ccccc32)[C@@H]1c1cccc(Cl)c1Cl. The summed E-state index contributed by atoms with van der Waals surface area (Å²) in [6.07, 6.45) is -0.258. The number of rotatable bonds is 3. The predicted molar refractivity (Wildman–Crippen MR) is 121 cm³/mol. The number of likely N-dealkylation sites (tertiary alicyclic amines) is 1. The van der Waals surface area contributed by atoms with Gasteiger partial charge in [-0.1, -0.05) is 83.9 Å². The van der Waals surface area contributed by atoms with Crippen molar-refractivity contribution in [1.29, 1.82) is 0 Å². The monoisotopic (exact) mass is 451 g/mol. The highest BCUT2D eigenvalue weighted by molar-refractivity contribution is 6.42. The van der Waals surface area contributed by atoms with E-state index in [9.17, 15) is 9.59 Å². The number of carbonyl (C=O) groups is 2. The molecule has 31 heavy (non-hydrogen) atoms. The largest absolute Gasteiger partial charge is 0.448 e. The molecule has 1 aliphatic heterocycles. The number of ketones is 1. The summed E-state index contributed by atoms with van der Waals surface area (Å²) in [7, 11) is 0. The normalized spacial score (nSPS) is 17.5. The molecule has 1 fully saturated rings. The van der Waals surface area contributed by atoms with Gasteiger partial charge in [-0.25, -0.2) is 4.79 Å². The summed E-state index contributed by atoms with van der Waals surface area (Å²) in [6.45, 7) is 0.497. The van der Waals surface area contributed by atoms with E-state index < -0.39 is 12.1 Å². The highest BCUT2D eigenvalue weighted by atomic mass is 35.5. The zero-order valence-corrected chi connectivity index (χ0v) is 18.1. The number of halogens is 2. The first-order valence-corrected chi connectivity index (χ1v) is 10.9. The van der Waals surface area contributed by atoms with Gasteiger partial charge >= 0.3 is 6.09 Å². The molecule has 0 N–H and O–H groups in total. The van der Waals surface area contributed by atoms with E-state index in [4.69, 9.17) is 27.9 Å². The summed E-state index contributed by atoms with van der Waals surface area (Å²) in [4.78, 5) is 27.1. The average Bonchev–Trinajstić information content (AvgIpc) is 3.32. The number of nitrogens with zero attached hydrogens (tertiary/aromatic N) is 1. The van der Waals surface area contributed by atoms with E-state index in [2.05, 4.69) is 24.3 Å².